The van der Waals surface area contributed by atoms with Gasteiger partial charge in [-0.1, -0.05) is 37.5 Å². The summed E-state index contributed by atoms with van der Waals surface area (Å²) in [6.07, 6.45) is 6.07. The van der Waals surface area contributed by atoms with Crippen molar-refractivity contribution in [2.75, 3.05) is 0 Å². The first-order valence-corrected chi connectivity index (χ1v) is 6.99. The van der Waals surface area contributed by atoms with Crippen molar-refractivity contribution in [3.8, 4) is 0 Å². The lowest BCUT2D eigenvalue weighted by atomic mass is 9.77. The molecular weight excluding hydrogens is 220 g/mol. The van der Waals surface area contributed by atoms with Crippen LogP contribution < -0.4 is 5.73 Å². The molecule has 96 valence electrons. The van der Waals surface area contributed by atoms with E-state index in [9.17, 15) is 0 Å². The molecule has 0 bridgehead atoms. The smallest absolute Gasteiger partial charge is 0.0510 e. The summed E-state index contributed by atoms with van der Waals surface area (Å²) < 4.78 is 0. The molecule has 3 N–H and O–H groups in total. The zero-order valence-corrected chi connectivity index (χ0v) is 11.3. The van der Waals surface area contributed by atoms with E-state index in [1.165, 1.54) is 47.0 Å². The third-order valence-electron chi connectivity index (χ3n) is 4.63. The lowest BCUT2D eigenvalue weighted by Crippen LogP contribution is -2.38. The zero-order chi connectivity index (χ0) is 12.8. The van der Waals surface area contributed by atoms with Gasteiger partial charge in [-0.25, -0.2) is 0 Å². The Balaban J connectivity index is 2.19. The van der Waals surface area contributed by atoms with E-state index in [-0.39, 0.29) is 5.54 Å². The van der Waals surface area contributed by atoms with Gasteiger partial charge in [0.15, 0.2) is 0 Å². The predicted molar refractivity (Wildman–Crippen MR) is 76.7 cm³/mol. The van der Waals surface area contributed by atoms with E-state index in [4.69, 9.17) is 5.73 Å². The van der Waals surface area contributed by atoms with Gasteiger partial charge in [-0.3, -0.25) is 0 Å². The van der Waals surface area contributed by atoms with E-state index in [1.807, 2.05) is 0 Å². The van der Waals surface area contributed by atoms with Gasteiger partial charge in [-0.05, 0) is 37.8 Å². The van der Waals surface area contributed by atoms with Gasteiger partial charge in [0.2, 0.25) is 0 Å². The van der Waals surface area contributed by atoms with Crippen LogP contribution in [0.25, 0.3) is 10.9 Å². The molecule has 2 nitrogen and oxygen atoms in total. The fourth-order valence-electron chi connectivity index (χ4n) is 3.35. The Bertz CT molecular complexity index is 574. The van der Waals surface area contributed by atoms with Gasteiger partial charge in [0.25, 0.3) is 0 Å². The monoisotopic (exact) mass is 242 g/mol. The summed E-state index contributed by atoms with van der Waals surface area (Å²) in [7, 11) is 0. The average molecular weight is 242 g/mol. The first kappa shape index (κ1) is 11.8. The predicted octanol–water partition coefficient (Wildman–Crippen LogP) is 3.90. The second-order valence-electron chi connectivity index (χ2n) is 5.82. The molecule has 1 aromatic heterocycles. The number of hydrogen-bond acceptors (Lipinski definition) is 1. The van der Waals surface area contributed by atoms with Crippen LogP contribution in [-0.2, 0) is 5.54 Å². The Morgan fingerprint density at radius 1 is 1.11 bits per heavy atom. The third-order valence-corrected chi connectivity index (χ3v) is 4.63. The molecule has 0 saturated heterocycles. The van der Waals surface area contributed by atoms with Gasteiger partial charge in [0, 0.05) is 16.6 Å². The van der Waals surface area contributed by atoms with Gasteiger partial charge in [0.1, 0.15) is 0 Å². The van der Waals surface area contributed by atoms with Crippen molar-refractivity contribution in [2.45, 2.75) is 51.5 Å². The molecule has 0 aliphatic heterocycles. The number of nitrogens with one attached hydrogen (secondary N) is 1. The van der Waals surface area contributed by atoms with Crippen molar-refractivity contribution in [3.63, 3.8) is 0 Å². The van der Waals surface area contributed by atoms with Gasteiger partial charge < -0.3 is 10.7 Å². The standard InChI is InChI=1S/C16H22N2/c1-11-12(2)18-15-13(11)7-6-8-14(15)16(17)9-4-3-5-10-16/h6-8,18H,3-5,9-10,17H2,1-2H3. The molecule has 1 aliphatic rings. The summed E-state index contributed by atoms with van der Waals surface area (Å²) in [4.78, 5) is 3.54. The lowest BCUT2D eigenvalue weighted by molar-refractivity contribution is 0.304. The van der Waals surface area contributed by atoms with Crippen molar-refractivity contribution in [2.24, 2.45) is 5.73 Å². The maximum Gasteiger partial charge on any atom is 0.0510 e. The minimum Gasteiger partial charge on any atom is -0.358 e. The van der Waals surface area contributed by atoms with E-state index in [2.05, 4.69) is 37.0 Å². The molecule has 2 aromatic rings. The maximum absolute atomic E-state index is 6.69. The second-order valence-corrected chi connectivity index (χ2v) is 5.82. The topological polar surface area (TPSA) is 41.8 Å². The Hall–Kier alpha value is -1.28. The molecule has 3 rings (SSSR count). The third kappa shape index (κ3) is 1.67. The van der Waals surface area contributed by atoms with Crippen LogP contribution in [0.5, 0.6) is 0 Å². The fourth-order valence-corrected chi connectivity index (χ4v) is 3.35. The van der Waals surface area contributed by atoms with Crippen LogP contribution in [0.4, 0.5) is 0 Å². The normalized spacial score (nSPS) is 19.3. The summed E-state index contributed by atoms with van der Waals surface area (Å²) in [5, 5.41) is 1.33. The van der Waals surface area contributed by atoms with E-state index < -0.39 is 0 Å². The minimum absolute atomic E-state index is 0.124. The summed E-state index contributed by atoms with van der Waals surface area (Å²) in [5.41, 5.74) is 11.8. The van der Waals surface area contributed by atoms with Gasteiger partial charge >= 0.3 is 0 Å². The number of H-pyrrole nitrogens is 1. The van der Waals surface area contributed by atoms with Crippen LogP contribution in [0.3, 0.4) is 0 Å². The van der Waals surface area contributed by atoms with E-state index in [0.29, 0.717) is 0 Å². The number of benzene rings is 1. The van der Waals surface area contributed by atoms with Crippen LogP contribution in [0.2, 0.25) is 0 Å². The minimum atomic E-state index is -0.124. The van der Waals surface area contributed by atoms with Gasteiger partial charge in [-0.15, -0.1) is 0 Å². The van der Waals surface area contributed by atoms with E-state index in [1.54, 1.807) is 0 Å². The summed E-state index contributed by atoms with van der Waals surface area (Å²) in [5.74, 6) is 0. The van der Waals surface area contributed by atoms with Crippen molar-refractivity contribution < 1.29 is 0 Å². The molecule has 1 heterocycles. The molecule has 0 atom stereocenters. The number of aryl methyl sites for hydroxylation is 2. The van der Waals surface area contributed by atoms with Crippen molar-refractivity contribution in [3.05, 3.63) is 35.0 Å². The number of aromatic nitrogens is 1. The molecule has 2 heteroatoms. The molecule has 1 aromatic carbocycles. The molecule has 1 aliphatic carbocycles. The highest BCUT2D eigenvalue weighted by Crippen LogP contribution is 2.38. The fraction of sp³-hybridized carbons (Fsp3) is 0.500. The molecular formula is C16H22N2. The highest BCUT2D eigenvalue weighted by Gasteiger charge is 2.31. The molecule has 0 amide bonds. The quantitative estimate of drug-likeness (QED) is 0.782. The number of hydrogen-bond donors (Lipinski definition) is 2. The van der Waals surface area contributed by atoms with Gasteiger partial charge in [0.05, 0.1) is 5.52 Å². The molecule has 0 unspecified atom stereocenters. The van der Waals surface area contributed by atoms with Crippen LogP contribution in [0.15, 0.2) is 18.2 Å². The summed E-state index contributed by atoms with van der Waals surface area (Å²) in [6, 6.07) is 6.56. The highest BCUT2D eigenvalue weighted by atomic mass is 14.8. The SMILES string of the molecule is Cc1[nH]c2c(C3(N)CCCCC3)cccc2c1C. The second kappa shape index (κ2) is 4.13. The highest BCUT2D eigenvalue weighted by molar-refractivity contribution is 5.87. The Labute approximate surface area is 109 Å². The number of para-hydroxylation sites is 1. The number of fused-ring (bicyclic) bond motifs is 1. The molecule has 1 saturated carbocycles. The average Bonchev–Trinajstić information content (AvgIpc) is 2.66. The molecule has 18 heavy (non-hydrogen) atoms. The van der Waals surface area contributed by atoms with Crippen LogP contribution in [0.1, 0.15) is 48.9 Å². The largest absolute Gasteiger partial charge is 0.358 e. The van der Waals surface area contributed by atoms with Crippen LogP contribution in [-0.4, -0.2) is 4.98 Å². The Morgan fingerprint density at radius 2 is 1.83 bits per heavy atom. The molecule has 0 spiro atoms. The first-order valence-electron chi connectivity index (χ1n) is 6.99. The maximum atomic E-state index is 6.69. The van der Waals surface area contributed by atoms with E-state index in [0.717, 1.165) is 12.8 Å². The van der Waals surface area contributed by atoms with Crippen molar-refractivity contribution >= 4 is 10.9 Å². The van der Waals surface area contributed by atoms with Crippen LogP contribution >= 0.6 is 0 Å². The Kier molecular flexibility index (Phi) is 2.70. The van der Waals surface area contributed by atoms with Crippen LogP contribution in [0, 0.1) is 13.8 Å². The summed E-state index contributed by atoms with van der Waals surface area (Å²) >= 11 is 0. The Morgan fingerprint density at radius 3 is 2.56 bits per heavy atom. The number of rotatable bonds is 1. The van der Waals surface area contributed by atoms with Gasteiger partial charge in [-0.2, -0.15) is 0 Å². The molecule has 1 fully saturated rings. The molecule has 0 radical (unpaired) electrons. The van der Waals surface area contributed by atoms with E-state index >= 15 is 0 Å². The number of nitrogens with two attached hydrogens (primary N) is 1. The lowest BCUT2D eigenvalue weighted by Gasteiger charge is -2.34. The van der Waals surface area contributed by atoms with Crippen molar-refractivity contribution in [1.29, 1.82) is 0 Å². The number of aromatic amines is 1. The first-order chi connectivity index (χ1) is 8.62. The van der Waals surface area contributed by atoms with Crippen molar-refractivity contribution in [1.82, 2.24) is 4.98 Å². The summed E-state index contributed by atoms with van der Waals surface area (Å²) in [6.45, 7) is 4.32. The zero-order valence-electron chi connectivity index (χ0n) is 11.3.